The van der Waals surface area contributed by atoms with Gasteiger partial charge < -0.3 is 15.0 Å². The van der Waals surface area contributed by atoms with Gasteiger partial charge in [-0.25, -0.2) is 4.98 Å². The Morgan fingerprint density at radius 2 is 1.93 bits per heavy atom. The first-order chi connectivity index (χ1) is 13.1. The maximum absolute atomic E-state index is 12.3. The van der Waals surface area contributed by atoms with Crippen LogP contribution < -0.4 is 15.6 Å². The van der Waals surface area contributed by atoms with Crippen molar-refractivity contribution in [3.05, 3.63) is 70.3 Å². The van der Waals surface area contributed by atoms with Crippen molar-refractivity contribution < 1.29 is 9.53 Å². The van der Waals surface area contributed by atoms with Crippen LogP contribution in [0, 0.1) is 5.92 Å². The molecule has 0 aliphatic rings. The van der Waals surface area contributed by atoms with Crippen LogP contribution in [0.4, 0.5) is 0 Å². The van der Waals surface area contributed by atoms with Crippen molar-refractivity contribution in [3.8, 4) is 5.75 Å². The number of aromatic nitrogens is 2. The number of nitrogens with one attached hydrogen (secondary N) is 2. The van der Waals surface area contributed by atoms with Gasteiger partial charge in [0.05, 0.1) is 18.0 Å². The summed E-state index contributed by atoms with van der Waals surface area (Å²) in [6.07, 6.45) is 0.883. The van der Waals surface area contributed by atoms with E-state index in [2.05, 4.69) is 15.3 Å². The quantitative estimate of drug-likeness (QED) is 0.674. The minimum atomic E-state index is -0.150. The van der Waals surface area contributed by atoms with Gasteiger partial charge in [-0.2, -0.15) is 0 Å². The zero-order valence-electron chi connectivity index (χ0n) is 15.5. The number of para-hydroxylation sites is 2. The number of carbonyl (C=O) groups is 1. The average molecular weight is 365 g/mol. The molecule has 1 amide bonds. The van der Waals surface area contributed by atoms with E-state index in [1.54, 1.807) is 13.2 Å². The standard InChI is InChI=1S/C21H23N3O3/c1-14(11-19-23-17-9-5-4-8-16(17)21(26)24-19)12-20(25)22-13-15-7-3-6-10-18(15)27-2/h3-10,14H,11-13H2,1-2H3,(H,22,25)(H,23,24,26). The molecule has 0 radical (unpaired) electrons. The number of hydrogen-bond donors (Lipinski definition) is 2. The second-order valence-electron chi connectivity index (χ2n) is 6.63. The number of H-pyrrole nitrogens is 1. The van der Waals surface area contributed by atoms with Crippen LogP contribution in [0.3, 0.4) is 0 Å². The molecular formula is C21H23N3O3. The lowest BCUT2D eigenvalue weighted by Crippen LogP contribution is -2.25. The smallest absolute Gasteiger partial charge is 0.258 e. The van der Waals surface area contributed by atoms with E-state index in [4.69, 9.17) is 4.74 Å². The highest BCUT2D eigenvalue weighted by atomic mass is 16.5. The van der Waals surface area contributed by atoms with Gasteiger partial charge in [0.1, 0.15) is 11.6 Å². The van der Waals surface area contributed by atoms with Crippen molar-refractivity contribution in [1.29, 1.82) is 0 Å². The van der Waals surface area contributed by atoms with Crippen molar-refractivity contribution in [1.82, 2.24) is 15.3 Å². The summed E-state index contributed by atoms with van der Waals surface area (Å²) >= 11 is 0. The van der Waals surface area contributed by atoms with E-state index >= 15 is 0 Å². The highest BCUT2D eigenvalue weighted by Gasteiger charge is 2.13. The van der Waals surface area contributed by atoms with Gasteiger partial charge in [-0.15, -0.1) is 0 Å². The van der Waals surface area contributed by atoms with Gasteiger partial charge in [-0.05, 0) is 24.1 Å². The predicted molar refractivity (Wildman–Crippen MR) is 105 cm³/mol. The monoisotopic (exact) mass is 365 g/mol. The number of aromatic amines is 1. The fraction of sp³-hybridized carbons (Fsp3) is 0.286. The first kappa shape index (κ1) is 18.6. The van der Waals surface area contributed by atoms with E-state index in [1.165, 1.54) is 0 Å². The molecule has 6 heteroatoms. The molecule has 0 spiro atoms. The summed E-state index contributed by atoms with van der Waals surface area (Å²) < 4.78 is 5.29. The van der Waals surface area contributed by atoms with Gasteiger partial charge in [0.25, 0.3) is 5.56 Å². The molecule has 140 valence electrons. The summed E-state index contributed by atoms with van der Waals surface area (Å²) in [7, 11) is 1.61. The summed E-state index contributed by atoms with van der Waals surface area (Å²) in [6.45, 7) is 2.39. The molecule has 0 saturated carbocycles. The fourth-order valence-electron chi connectivity index (χ4n) is 3.07. The van der Waals surface area contributed by atoms with Gasteiger partial charge in [-0.1, -0.05) is 37.3 Å². The van der Waals surface area contributed by atoms with Gasteiger partial charge in [0, 0.05) is 24.9 Å². The highest BCUT2D eigenvalue weighted by Crippen LogP contribution is 2.17. The molecule has 0 saturated heterocycles. The molecule has 1 heterocycles. The number of fused-ring (bicyclic) bond motifs is 1. The van der Waals surface area contributed by atoms with E-state index in [0.717, 1.165) is 11.3 Å². The molecule has 0 aliphatic carbocycles. The lowest BCUT2D eigenvalue weighted by molar-refractivity contribution is -0.122. The van der Waals surface area contributed by atoms with Crippen molar-refractivity contribution in [2.75, 3.05) is 7.11 Å². The van der Waals surface area contributed by atoms with Gasteiger partial charge in [-0.3, -0.25) is 9.59 Å². The number of benzene rings is 2. The Kier molecular flexibility index (Phi) is 5.86. The Morgan fingerprint density at radius 1 is 1.19 bits per heavy atom. The van der Waals surface area contributed by atoms with Crippen molar-refractivity contribution in [2.45, 2.75) is 26.3 Å². The fourth-order valence-corrected chi connectivity index (χ4v) is 3.07. The maximum Gasteiger partial charge on any atom is 0.258 e. The van der Waals surface area contributed by atoms with E-state index < -0.39 is 0 Å². The van der Waals surface area contributed by atoms with Gasteiger partial charge in [0.2, 0.25) is 5.91 Å². The first-order valence-corrected chi connectivity index (χ1v) is 8.93. The molecule has 1 aromatic heterocycles. The van der Waals surface area contributed by atoms with Crippen molar-refractivity contribution >= 4 is 16.8 Å². The second kappa shape index (κ2) is 8.49. The number of carbonyl (C=O) groups excluding carboxylic acids is 1. The van der Waals surface area contributed by atoms with E-state index in [9.17, 15) is 9.59 Å². The van der Waals surface area contributed by atoms with Crippen LogP contribution in [0.25, 0.3) is 10.9 Å². The number of ether oxygens (including phenoxy) is 1. The Balaban J connectivity index is 1.58. The molecule has 0 aliphatic heterocycles. The number of rotatable bonds is 7. The highest BCUT2D eigenvalue weighted by molar-refractivity contribution is 5.77. The summed E-state index contributed by atoms with van der Waals surface area (Å²) in [6, 6.07) is 14.8. The van der Waals surface area contributed by atoms with Crippen LogP contribution >= 0.6 is 0 Å². The molecule has 0 fully saturated rings. The number of nitrogens with zero attached hydrogens (tertiary/aromatic N) is 1. The topological polar surface area (TPSA) is 84.1 Å². The minimum absolute atomic E-state index is 0.0449. The molecule has 0 bridgehead atoms. The Bertz CT molecular complexity index is 997. The molecule has 1 atom stereocenters. The van der Waals surface area contributed by atoms with Crippen LogP contribution in [0.1, 0.15) is 24.7 Å². The third-order valence-corrected chi connectivity index (χ3v) is 4.41. The third-order valence-electron chi connectivity index (χ3n) is 4.41. The van der Waals surface area contributed by atoms with Crippen LogP contribution in [0.2, 0.25) is 0 Å². The normalized spacial score (nSPS) is 11.9. The maximum atomic E-state index is 12.3. The third kappa shape index (κ3) is 4.73. The minimum Gasteiger partial charge on any atom is -0.496 e. The zero-order valence-corrected chi connectivity index (χ0v) is 15.5. The van der Waals surface area contributed by atoms with Gasteiger partial charge in [0.15, 0.2) is 0 Å². The van der Waals surface area contributed by atoms with E-state index in [1.807, 2.05) is 49.4 Å². The SMILES string of the molecule is COc1ccccc1CNC(=O)CC(C)Cc1nc2ccccc2c(=O)[nH]1. The van der Waals surface area contributed by atoms with E-state index in [0.29, 0.717) is 36.1 Å². The number of hydrogen-bond acceptors (Lipinski definition) is 4. The summed E-state index contributed by atoms with van der Waals surface area (Å²) in [5.74, 6) is 1.36. The lowest BCUT2D eigenvalue weighted by atomic mass is 10.0. The second-order valence-corrected chi connectivity index (χ2v) is 6.63. The summed E-state index contributed by atoms with van der Waals surface area (Å²) in [4.78, 5) is 31.7. The van der Waals surface area contributed by atoms with Crippen LogP contribution in [-0.2, 0) is 17.8 Å². The Labute approximate surface area is 157 Å². The average Bonchev–Trinajstić information content (AvgIpc) is 2.66. The molecule has 3 aromatic rings. The van der Waals surface area contributed by atoms with Crippen LogP contribution in [-0.4, -0.2) is 23.0 Å². The molecule has 27 heavy (non-hydrogen) atoms. The number of methoxy groups -OCH3 is 1. The summed E-state index contributed by atoms with van der Waals surface area (Å²) in [5, 5.41) is 3.49. The largest absolute Gasteiger partial charge is 0.496 e. The summed E-state index contributed by atoms with van der Waals surface area (Å²) in [5.41, 5.74) is 1.45. The molecule has 2 aromatic carbocycles. The molecule has 1 unspecified atom stereocenters. The van der Waals surface area contributed by atoms with Crippen LogP contribution in [0.15, 0.2) is 53.3 Å². The molecule has 6 nitrogen and oxygen atoms in total. The Hall–Kier alpha value is -3.15. The molecule has 2 N–H and O–H groups in total. The molecular weight excluding hydrogens is 342 g/mol. The number of amides is 1. The molecule has 3 rings (SSSR count). The van der Waals surface area contributed by atoms with Crippen LogP contribution in [0.5, 0.6) is 5.75 Å². The van der Waals surface area contributed by atoms with E-state index in [-0.39, 0.29) is 17.4 Å². The van der Waals surface area contributed by atoms with Crippen molar-refractivity contribution in [3.63, 3.8) is 0 Å². The van der Waals surface area contributed by atoms with Crippen molar-refractivity contribution in [2.24, 2.45) is 5.92 Å². The van der Waals surface area contributed by atoms with Gasteiger partial charge >= 0.3 is 0 Å². The Morgan fingerprint density at radius 3 is 2.74 bits per heavy atom. The zero-order chi connectivity index (χ0) is 19.2. The lowest BCUT2D eigenvalue weighted by Gasteiger charge is -2.13. The first-order valence-electron chi connectivity index (χ1n) is 8.93. The predicted octanol–water partition coefficient (Wildman–Crippen LogP) is 2.82.